The first-order chi connectivity index (χ1) is 56.7. The van der Waals surface area contributed by atoms with Crippen LogP contribution >= 0.6 is 45.3 Å². The number of hydrogen-bond acceptors (Lipinski definition) is 22. The van der Waals surface area contributed by atoms with Crippen LogP contribution in [0.1, 0.15) is 146 Å². The second kappa shape index (κ2) is 36.9. The van der Waals surface area contributed by atoms with E-state index < -0.39 is 111 Å². The van der Waals surface area contributed by atoms with Gasteiger partial charge in [0.15, 0.2) is 64.6 Å². The molecule has 616 valence electrons. The minimum absolute atomic E-state index is 0.00940. The Morgan fingerprint density at radius 2 is 0.708 bits per heavy atom. The zero-order valence-electron chi connectivity index (χ0n) is 63.6. The van der Waals surface area contributed by atoms with E-state index in [1.165, 1.54) is 128 Å². The number of thiophene rings is 4. The largest absolute Gasteiger partial charge is 0.495 e. The molecule has 4 heterocycles. The highest BCUT2D eigenvalue weighted by atomic mass is 32.2. The Balaban J connectivity index is 0.000000157. The average Bonchev–Trinajstić information content (AvgIpc) is 0.991. The van der Waals surface area contributed by atoms with E-state index in [4.69, 9.17) is 4.74 Å². The monoisotopic (exact) mass is 1790 g/mol. The molecule has 120 heavy (non-hydrogen) atoms. The lowest BCUT2D eigenvalue weighted by molar-refractivity contribution is 0.0685. The van der Waals surface area contributed by atoms with Crippen molar-refractivity contribution in [2.45, 2.75) is 105 Å². The third-order valence-corrected chi connectivity index (χ3v) is 30.8. The van der Waals surface area contributed by atoms with E-state index in [1.54, 1.807) is 67.6 Å². The number of carbonyl (C=O) groups is 4. The minimum Gasteiger partial charge on any atom is -0.495 e. The van der Waals surface area contributed by atoms with Gasteiger partial charge in [0.2, 0.25) is 0 Å². The number of methoxy groups -OCH3 is 1. The standard InChI is InChI=1S/C23H22O6S3.C22H16FNO4S2.C21H16FNO4S2.C20H14FNO5S2/c1-14-3-10-21(30-14)19-9-7-18(31(2,26)27)11-17(19)13-32(28,29)22-12-16(23(24)25)6-8-20(22)15-4-5-15;23-21-8-7-19(29-21)17-5-1-13(11-24)9-16(17)12-30(27,28)20-10-15(22(25)26)4-6-18(20)14-2-3-14;1-2-14-4-5-15(21(24)25)10-19(14)29(26,27)12-16-9-13(11-23)3-6-17(16)18-7-8-20(22)28-18;1-27-16-5-3-13(20(23)24)9-18(16)29(25,26)11-14-8-12(10-22)2-4-15(14)17-6-7-19(21)28-17/h3,6-12,15H,4-5,13H2,1-2H3,(H,24,25);1,4-10,14H,2-3,12H2,(H,25,26);3-10H,2,12H2,1H3,(H,24,25);2-9H,11H2,1H3,(H,23,24). The van der Waals surface area contributed by atoms with Gasteiger partial charge in [-0.15, -0.1) is 45.3 Å². The van der Waals surface area contributed by atoms with Crippen molar-refractivity contribution in [2.75, 3.05) is 13.4 Å². The van der Waals surface area contributed by atoms with Crippen LogP contribution in [0.3, 0.4) is 0 Å². The molecule has 2 aliphatic carbocycles. The Bertz CT molecular complexity index is 6650. The van der Waals surface area contributed by atoms with E-state index in [0.717, 1.165) is 87.8 Å². The van der Waals surface area contributed by atoms with Crippen molar-refractivity contribution in [3.8, 4) is 65.7 Å². The van der Waals surface area contributed by atoms with Gasteiger partial charge in [-0.2, -0.15) is 29.0 Å². The van der Waals surface area contributed by atoms with Crippen LogP contribution < -0.4 is 4.74 Å². The van der Waals surface area contributed by atoms with Crippen LogP contribution in [0, 0.1) is 56.3 Å². The first-order valence-corrected chi connectivity index (χ1v) is 47.7. The normalized spacial score (nSPS) is 12.7. The van der Waals surface area contributed by atoms with Gasteiger partial charge < -0.3 is 25.2 Å². The summed E-state index contributed by atoms with van der Waals surface area (Å²) in [4.78, 5) is 48.7. The molecular formula is C86H68F3N3O19S9. The molecule has 2 fully saturated rings. The van der Waals surface area contributed by atoms with E-state index in [0.29, 0.717) is 87.8 Å². The van der Waals surface area contributed by atoms with Crippen molar-refractivity contribution in [1.82, 2.24) is 0 Å². The summed E-state index contributed by atoms with van der Waals surface area (Å²) in [6, 6.07) is 52.6. The molecule has 8 aromatic carbocycles. The number of aryl methyl sites for hydroxylation is 2. The van der Waals surface area contributed by atoms with Gasteiger partial charge in [0, 0.05) is 30.6 Å². The van der Waals surface area contributed by atoms with Gasteiger partial charge in [0.25, 0.3) is 0 Å². The first kappa shape index (κ1) is 89.0. The average molecular weight is 1790 g/mol. The lowest BCUT2D eigenvalue weighted by Crippen LogP contribution is -2.11. The number of sulfone groups is 5. The van der Waals surface area contributed by atoms with Gasteiger partial charge in [0.05, 0.1) is 107 Å². The number of nitrogens with zero attached hydrogens (tertiary/aromatic N) is 3. The van der Waals surface area contributed by atoms with Crippen LogP contribution in [0.15, 0.2) is 219 Å². The lowest BCUT2D eigenvalue weighted by atomic mass is 10.0. The van der Waals surface area contributed by atoms with Crippen LogP contribution in [0.25, 0.3) is 41.8 Å². The molecule has 0 aliphatic heterocycles. The lowest BCUT2D eigenvalue weighted by Gasteiger charge is -2.14. The summed E-state index contributed by atoms with van der Waals surface area (Å²) in [7, 11) is -18.1. The van der Waals surface area contributed by atoms with Gasteiger partial charge in [-0.1, -0.05) is 49.4 Å². The van der Waals surface area contributed by atoms with E-state index in [2.05, 4.69) is 0 Å². The smallest absolute Gasteiger partial charge is 0.335 e. The van der Waals surface area contributed by atoms with Crippen LogP contribution in [0.4, 0.5) is 13.2 Å². The van der Waals surface area contributed by atoms with Gasteiger partial charge >= 0.3 is 23.9 Å². The molecule has 2 aliphatic rings. The predicted molar refractivity (Wildman–Crippen MR) is 448 cm³/mol. The third kappa shape index (κ3) is 21.4. The maximum absolute atomic E-state index is 13.6. The number of hydrogen-bond donors (Lipinski definition) is 4. The van der Waals surface area contributed by atoms with E-state index in [1.807, 2.05) is 37.3 Å². The Hall–Kier alpha value is -11.8. The van der Waals surface area contributed by atoms with E-state index in [9.17, 15) is 111 Å². The molecule has 12 aromatic rings. The maximum atomic E-state index is 13.6. The second-order valence-electron chi connectivity index (χ2n) is 27.6. The summed E-state index contributed by atoms with van der Waals surface area (Å²) >= 11 is 4.12. The molecule has 0 spiro atoms. The van der Waals surface area contributed by atoms with Gasteiger partial charge in [-0.3, -0.25) is 0 Å². The quantitative estimate of drug-likeness (QED) is 0.0413. The van der Waals surface area contributed by atoms with Gasteiger partial charge in [0.1, 0.15) is 10.6 Å². The molecule has 0 bridgehead atoms. The molecule has 0 radical (unpaired) electrons. The molecule has 0 atom stereocenters. The molecule has 22 nitrogen and oxygen atoms in total. The third-order valence-electron chi connectivity index (χ3n) is 19.1. The number of aromatic carboxylic acids is 4. The Labute approximate surface area is 704 Å². The zero-order valence-corrected chi connectivity index (χ0v) is 70.9. The summed E-state index contributed by atoms with van der Waals surface area (Å²) in [6.07, 6.45) is 4.93. The maximum Gasteiger partial charge on any atom is 0.335 e. The molecule has 34 heteroatoms. The summed E-state index contributed by atoms with van der Waals surface area (Å²) < 4.78 is 176. The van der Waals surface area contributed by atoms with Crippen molar-refractivity contribution >= 4 is 118 Å². The number of nitriles is 3. The number of halogens is 3. The highest BCUT2D eigenvalue weighted by Gasteiger charge is 2.35. The fraction of sp³-hybridized carbons (Fsp3) is 0.174. The van der Waals surface area contributed by atoms with Crippen LogP contribution in [-0.2, 0) is 78.6 Å². The van der Waals surface area contributed by atoms with Gasteiger partial charge in [-0.05, 0) is 264 Å². The molecule has 0 unspecified atom stereocenters. The molecule has 0 amide bonds. The van der Waals surface area contributed by atoms with Crippen molar-refractivity contribution in [2.24, 2.45) is 0 Å². The van der Waals surface area contributed by atoms with E-state index >= 15 is 0 Å². The van der Waals surface area contributed by atoms with Crippen LogP contribution in [-0.4, -0.2) is 99.8 Å². The number of rotatable bonds is 25. The molecular weight excluding hydrogens is 1720 g/mol. The van der Waals surface area contributed by atoms with Crippen molar-refractivity contribution < 1.29 is 99.6 Å². The van der Waals surface area contributed by atoms with E-state index in [-0.39, 0.29) is 75.4 Å². The molecule has 0 saturated heterocycles. The molecule has 4 N–H and O–H groups in total. The van der Waals surface area contributed by atoms with Crippen LogP contribution in [0.2, 0.25) is 0 Å². The number of carboxylic acids is 4. The minimum atomic E-state index is -4.05. The molecule has 14 rings (SSSR count). The number of carboxylic acid groups (broad SMARTS) is 4. The highest BCUT2D eigenvalue weighted by Crippen LogP contribution is 2.47. The fourth-order valence-electron chi connectivity index (χ4n) is 13.0. The Morgan fingerprint density at radius 1 is 0.392 bits per heavy atom. The van der Waals surface area contributed by atoms with Crippen molar-refractivity contribution in [1.29, 1.82) is 15.8 Å². The molecule has 2 saturated carbocycles. The van der Waals surface area contributed by atoms with Crippen molar-refractivity contribution in [3.63, 3.8) is 0 Å². The predicted octanol–water partition coefficient (Wildman–Crippen LogP) is 18.4. The number of benzene rings is 8. The first-order valence-electron chi connectivity index (χ1n) is 35.9. The Morgan fingerprint density at radius 3 is 1.02 bits per heavy atom. The summed E-state index contributed by atoms with van der Waals surface area (Å²) in [5.41, 5.74) is 5.69. The molecule has 4 aromatic heterocycles. The fourth-order valence-corrected chi connectivity index (χ4v) is 23.6. The second-order valence-corrected chi connectivity index (χ2v) is 41.9. The number of ether oxygens (including phenoxy) is 1. The Kier molecular flexibility index (Phi) is 27.3. The SMILES string of the molecule is CCc1ccc(C(=O)O)cc1S(=O)(=O)Cc1cc(C#N)ccc1-c1ccc(F)s1.COc1ccc(C(=O)O)cc1S(=O)(=O)Cc1cc(C#N)ccc1-c1ccc(F)s1.Cc1ccc(-c2ccc(S(C)(=O)=O)cc2CS(=O)(=O)c2cc(C(=O)O)ccc2C2CC2)s1.N#Cc1ccc(-c2ccc(F)s2)c(CS(=O)(=O)c2cc(C(=O)O)ccc2C2CC2)c1. The van der Waals surface area contributed by atoms with Gasteiger partial charge in [-0.25, -0.2) is 61.3 Å². The highest BCUT2D eigenvalue weighted by molar-refractivity contribution is 7.92. The zero-order chi connectivity index (χ0) is 87.1. The van der Waals surface area contributed by atoms with Crippen molar-refractivity contribution in [3.05, 3.63) is 292 Å². The topological polar surface area (TPSA) is 400 Å². The van der Waals surface area contributed by atoms with Crippen LogP contribution in [0.5, 0.6) is 5.75 Å². The summed E-state index contributed by atoms with van der Waals surface area (Å²) in [5.74, 6) is -6.47. The summed E-state index contributed by atoms with van der Waals surface area (Å²) in [6.45, 7) is 3.72. The summed E-state index contributed by atoms with van der Waals surface area (Å²) in [5, 5.41) is 63.5.